The average Bonchev–Trinajstić information content (AvgIpc) is 3.24. The number of aromatic amines is 1. The fourth-order valence-electron chi connectivity index (χ4n) is 4.88. The number of benzene rings is 1. The Bertz CT molecular complexity index is 1100. The summed E-state index contributed by atoms with van der Waals surface area (Å²) >= 11 is 0. The standard InChI is InChI=1S/C25H30F2N4O/c1-25(5-10-32-11-6-25)15-30-23-12-18(20(26)14-21(23)27)17-4-9-29-24-19(17)13-22(31-24)16-2-7-28-8-3-16/h4,9,12-14,16,28,30H,2-3,5-8,10-11,15H2,1H3,(H,29,31). The van der Waals surface area contributed by atoms with Crippen LogP contribution in [0.1, 0.15) is 44.2 Å². The third-order valence-corrected chi connectivity index (χ3v) is 7.08. The first kappa shape index (κ1) is 21.3. The summed E-state index contributed by atoms with van der Waals surface area (Å²) in [5, 5.41) is 7.49. The number of piperidine rings is 1. The van der Waals surface area contributed by atoms with Gasteiger partial charge in [-0.1, -0.05) is 6.92 Å². The molecule has 1 aromatic carbocycles. The van der Waals surface area contributed by atoms with Gasteiger partial charge >= 0.3 is 0 Å². The zero-order valence-corrected chi connectivity index (χ0v) is 18.4. The first-order valence-corrected chi connectivity index (χ1v) is 11.5. The van der Waals surface area contributed by atoms with Gasteiger partial charge in [0.2, 0.25) is 0 Å². The molecule has 0 radical (unpaired) electrons. The highest BCUT2D eigenvalue weighted by Crippen LogP contribution is 2.36. The summed E-state index contributed by atoms with van der Waals surface area (Å²) in [4.78, 5) is 7.90. The third kappa shape index (κ3) is 4.24. The maximum Gasteiger partial charge on any atom is 0.149 e. The zero-order chi connectivity index (χ0) is 22.1. The van der Waals surface area contributed by atoms with Crippen LogP contribution >= 0.6 is 0 Å². The number of aromatic nitrogens is 2. The van der Waals surface area contributed by atoms with Crippen LogP contribution in [-0.4, -0.2) is 42.8 Å². The molecule has 5 rings (SSSR count). The number of ether oxygens (including phenoxy) is 1. The first-order chi connectivity index (χ1) is 15.5. The van der Waals surface area contributed by atoms with Gasteiger partial charge in [-0.25, -0.2) is 13.8 Å². The minimum Gasteiger partial charge on any atom is -0.382 e. The Morgan fingerprint density at radius 2 is 1.88 bits per heavy atom. The SMILES string of the molecule is CC1(CNc2cc(-c3ccnc4[nH]c(C5CCNCC5)cc34)c(F)cc2F)CCOCC1. The quantitative estimate of drug-likeness (QED) is 0.510. The average molecular weight is 441 g/mol. The Kier molecular flexibility index (Phi) is 5.86. The van der Waals surface area contributed by atoms with Crippen LogP contribution in [0.5, 0.6) is 0 Å². The molecule has 0 spiro atoms. The van der Waals surface area contributed by atoms with Crippen LogP contribution in [0.3, 0.4) is 0 Å². The molecule has 2 fully saturated rings. The summed E-state index contributed by atoms with van der Waals surface area (Å²) in [7, 11) is 0. The molecule has 7 heteroatoms. The van der Waals surface area contributed by atoms with E-state index in [1.54, 1.807) is 12.3 Å². The summed E-state index contributed by atoms with van der Waals surface area (Å²) in [6.45, 7) is 6.22. The monoisotopic (exact) mass is 440 g/mol. The lowest BCUT2D eigenvalue weighted by Crippen LogP contribution is -2.33. The van der Waals surface area contributed by atoms with Crippen molar-refractivity contribution in [2.24, 2.45) is 5.41 Å². The highest BCUT2D eigenvalue weighted by atomic mass is 19.1. The molecule has 0 amide bonds. The smallest absolute Gasteiger partial charge is 0.149 e. The summed E-state index contributed by atoms with van der Waals surface area (Å²) < 4.78 is 35.0. The molecule has 32 heavy (non-hydrogen) atoms. The fourth-order valence-corrected chi connectivity index (χ4v) is 4.88. The number of pyridine rings is 1. The van der Waals surface area contributed by atoms with E-state index in [1.807, 2.05) is 6.07 Å². The Morgan fingerprint density at radius 1 is 1.09 bits per heavy atom. The topological polar surface area (TPSA) is 62.0 Å². The summed E-state index contributed by atoms with van der Waals surface area (Å²) in [5.41, 5.74) is 3.35. The number of anilines is 1. The number of hydrogen-bond donors (Lipinski definition) is 3. The van der Waals surface area contributed by atoms with E-state index in [9.17, 15) is 8.78 Å². The third-order valence-electron chi connectivity index (χ3n) is 7.08. The fraction of sp³-hybridized carbons (Fsp3) is 0.480. The van der Waals surface area contributed by atoms with E-state index in [4.69, 9.17) is 4.74 Å². The van der Waals surface area contributed by atoms with Gasteiger partial charge in [0, 0.05) is 54.6 Å². The number of hydrogen-bond acceptors (Lipinski definition) is 4. The van der Waals surface area contributed by atoms with Gasteiger partial charge < -0.3 is 20.4 Å². The van der Waals surface area contributed by atoms with Crippen molar-refractivity contribution in [1.29, 1.82) is 0 Å². The van der Waals surface area contributed by atoms with Crippen molar-refractivity contribution in [2.45, 2.75) is 38.5 Å². The van der Waals surface area contributed by atoms with Gasteiger partial charge in [-0.2, -0.15) is 0 Å². The first-order valence-electron chi connectivity index (χ1n) is 11.5. The van der Waals surface area contributed by atoms with Crippen LogP contribution in [-0.2, 0) is 4.74 Å². The highest BCUT2D eigenvalue weighted by molar-refractivity contribution is 5.94. The second kappa shape index (κ2) is 8.79. The van der Waals surface area contributed by atoms with Crippen LogP contribution < -0.4 is 10.6 Å². The molecule has 0 atom stereocenters. The molecule has 5 nitrogen and oxygen atoms in total. The van der Waals surface area contributed by atoms with Crippen molar-refractivity contribution in [2.75, 3.05) is 38.2 Å². The maximum absolute atomic E-state index is 15.0. The van der Waals surface area contributed by atoms with E-state index in [0.29, 0.717) is 23.7 Å². The maximum atomic E-state index is 15.0. The Hall–Kier alpha value is -2.51. The van der Waals surface area contributed by atoms with Gasteiger partial charge in [0.15, 0.2) is 0 Å². The molecule has 3 N–H and O–H groups in total. The number of nitrogens with zero attached hydrogens (tertiary/aromatic N) is 1. The van der Waals surface area contributed by atoms with Crippen molar-refractivity contribution < 1.29 is 13.5 Å². The molecule has 4 heterocycles. The van der Waals surface area contributed by atoms with Gasteiger partial charge in [0.05, 0.1) is 5.69 Å². The lowest BCUT2D eigenvalue weighted by Gasteiger charge is -2.34. The Labute approximate surface area is 187 Å². The number of nitrogens with one attached hydrogen (secondary N) is 3. The van der Waals surface area contributed by atoms with Gasteiger partial charge in [0.1, 0.15) is 17.3 Å². The number of fused-ring (bicyclic) bond motifs is 1. The van der Waals surface area contributed by atoms with E-state index in [0.717, 1.165) is 80.3 Å². The van der Waals surface area contributed by atoms with E-state index >= 15 is 0 Å². The minimum atomic E-state index is -0.573. The minimum absolute atomic E-state index is 0.0353. The summed E-state index contributed by atoms with van der Waals surface area (Å²) in [6, 6.07) is 6.48. The molecule has 0 aliphatic carbocycles. The number of H-pyrrole nitrogens is 1. The molecule has 0 saturated carbocycles. The second-order valence-corrected chi connectivity index (χ2v) is 9.46. The molecular formula is C25H30F2N4O. The molecule has 2 aliphatic rings. The molecule has 3 aromatic rings. The van der Waals surface area contributed by atoms with Gasteiger partial charge in [-0.3, -0.25) is 0 Å². The number of rotatable bonds is 5. The molecule has 0 unspecified atom stereocenters. The molecule has 2 saturated heterocycles. The Balaban J connectivity index is 1.47. The normalized spacial score (nSPS) is 19.3. The van der Waals surface area contributed by atoms with E-state index in [1.165, 1.54) is 0 Å². The lowest BCUT2D eigenvalue weighted by atomic mass is 9.82. The van der Waals surface area contributed by atoms with Crippen molar-refractivity contribution in [1.82, 2.24) is 15.3 Å². The van der Waals surface area contributed by atoms with Crippen LogP contribution in [0, 0.1) is 17.0 Å². The number of halogens is 2. The van der Waals surface area contributed by atoms with Gasteiger partial charge in [-0.15, -0.1) is 0 Å². The van der Waals surface area contributed by atoms with Crippen LogP contribution in [0.4, 0.5) is 14.5 Å². The van der Waals surface area contributed by atoms with Crippen molar-refractivity contribution in [3.63, 3.8) is 0 Å². The molecule has 0 bridgehead atoms. The molecule has 2 aromatic heterocycles. The van der Waals surface area contributed by atoms with Crippen molar-refractivity contribution in [3.8, 4) is 11.1 Å². The Morgan fingerprint density at radius 3 is 2.66 bits per heavy atom. The van der Waals surface area contributed by atoms with E-state index < -0.39 is 11.6 Å². The van der Waals surface area contributed by atoms with E-state index in [-0.39, 0.29) is 5.41 Å². The molecule has 170 valence electrons. The van der Waals surface area contributed by atoms with Crippen LogP contribution in [0.15, 0.2) is 30.5 Å². The lowest BCUT2D eigenvalue weighted by molar-refractivity contribution is 0.0300. The highest BCUT2D eigenvalue weighted by Gasteiger charge is 2.28. The van der Waals surface area contributed by atoms with Crippen LogP contribution in [0.25, 0.3) is 22.2 Å². The van der Waals surface area contributed by atoms with Crippen molar-refractivity contribution in [3.05, 3.63) is 47.8 Å². The molecular weight excluding hydrogens is 410 g/mol. The van der Waals surface area contributed by atoms with Crippen molar-refractivity contribution >= 4 is 16.7 Å². The summed E-state index contributed by atoms with van der Waals surface area (Å²) in [6.07, 6.45) is 5.64. The zero-order valence-electron chi connectivity index (χ0n) is 18.4. The van der Waals surface area contributed by atoms with Crippen LogP contribution in [0.2, 0.25) is 0 Å². The second-order valence-electron chi connectivity index (χ2n) is 9.46. The largest absolute Gasteiger partial charge is 0.382 e. The van der Waals surface area contributed by atoms with Gasteiger partial charge in [-0.05, 0) is 68.0 Å². The summed E-state index contributed by atoms with van der Waals surface area (Å²) in [5.74, 6) is -0.701. The predicted molar refractivity (Wildman–Crippen MR) is 123 cm³/mol. The van der Waals surface area contributed by atoms with Gasteiger partial charge in [0.25, 0.3) is 0 Å². The molecule has 2 aliphatic heterocycles. The predicted octanol–water partition coefficient (Wildman–Crippen LogP) is 5.20. The van der Waals surface area contributed by atoms with E-state index in [2.05, 4.69) is 33.6 Å².